The molecular formula is C18H24N4. The zero-order valence-electron chi connectivity index (χ0n) is 13.6. The van der Waals surface area contributed by atoms with Gasteiger partial charge in [-0.15, -0.1) is 0 Å². The third-order valence-corrected chi connectivity index (χ3v) is 4.34. The predicted molar refractivity (Wildman–Crippen MR) is 91.8 cm³/mol. The van der Waals surface area contributed by atoms with E-state index in [4.69, 9.17) is 4.98 Å². The number of nitrogens with zero attached hydrogens (tertiary/aromatic N) is 3. The van der Waals surface area contributed by atoms with Gasteiger partial charge in [0.05, 0.1) is 0 Å². The second-order valence-electron chi connectivity index (χ2n) is 6.30. The first kappa shape index (κ1) is 14.8. The van der Waals surface area contributed by atoms with E-state index in [1.807, 2.05) is 19.1 Å². The van der Waals surface area contributed by atoms with Crippen molar-refractivity contribution < 1.29 is 0 Å². The maximum atomic E-state index is 4.72. The van der Waals surface area contributed by atoms with Crippen molar-refractivity contribution in [1.82, 2.24) is 9.97 Å². The Morgan fingerprint density at radius 1 is 1.09 bits per heavy atom. The van der Waals surface area contributed by atoms with Crippen LogP contribution in [0, 0.1) is 19.8 Å². The lowest BCUT2D eigenvalue weighted by Crippen LogP contribution is -2.33. The molecule has 2 heterocycles. The van der Waals surface area contributed by atoms with Crippen LogP contribution >= 0.6 is 0 Å². The highest BCUT2D eigenvalue weighted by Crippen LogP contribution is 2.24. The van der Waals surface area contributed by atoms with Gasteiger partial charge in [-0.3, -0.25) is 0 Å². The van der Waals surface area contributed by atoms with Crippen molar-refractivity contribution in [3.8, 4) is 0 Å². The van der Waals surface area contributed by atoms with Gasteiger partial charge in [0.2, 0.25) is 5.95 Å². The highest BCUT2D eigenvalue weighted by molar-refractivity contribution is 5.59. The van der Waals surface area contributed by atoms with E-state index in [0.29, 0.717) is 5.95 Å². The second-order valence-corrected chi connectivity index (χ2v) is 6.30. The third-order valence-electron chi connectivity index (χ3n) is 4.34. The number of nitrogens with one attached hydrogen (secondary N) is 1. The smallest absolute Gasteiger partial charge is 0.229 e. The molecule has 0 atom stereocenters. The summed E-state index contributed by atoms with van der Waals surface area (Å²) < 4.78 is 0. The maximum Gasteiger partial charge on any atom is 0.229 e. The molecular weight excluding hydrogens is 272 g/mol. The van der Waals surface area contributed by atoms with Crippen molar-refractivity contribution in [1.29, 1.82) is 0 Å². The zero-order chi connectivity index (χ0) is 15.5. The summed E-state index contributed by atoms with van der Waals surface area (Å²) in [5.74, 6) is 2.54. The van der Waals surface area contributed by atoms with Crippen molar-refractivity contribution in [3.05, 3.63) is 41.6 Å². The van der Waals surface area contributed by atoms with Crippen LogP contribution in [0.1, 0.15) is 31.0 Å². The molecule has 116 valence electrons. The van der Waals surface area contributed by atoms with Crippen molar-refractivity contribution in [3.63, 3.8) is 0 Å². The summed E-state index contributed by atoms with van der Waals surface area (Å²) in [6.07, 6.45) is 2.48. The first-order valence-corrected chi connectivity index (χ1v) is 8.05. The number of aryl methyl sites for hydroxylation is 2. The van der Waals surface area contributed by atoms with Gasteiger partial charge in [-0.2, -0.15) is 4.98 Å². The van der Waals surface area contributed by atoms with E-state index in [1.165, 1.54) is 18.4 Å². The largest absolute Gasteiger partial charge is 0.356 e. The van der Waals surface area contributed by atoms with Crippen LogP contribution in [0.25, 0.3) is 0 Å². The van der Waals surface area contributed by atoms with Crippen LogP contribution < -0.4 is 10.2 Å². The van der Waals surface area contributed by atoms with Crippen LogP contribution in [0.5, 0.6) is 0 Å². The molecule has 1 aliphatic heterocycles. The molecule has 1 N–H and O–H groups in total. The highest BCUT2D eigenvalue weighted by Gasteiger charge is 2.18. The second kappa shape index (κ2) is 6.34. The summed E-state index contributed by atoms with van der Waals surface area (Å²) in [6.45, 7) is 8.61. The van der Waals surface area contributed by atoms with Crippen molar-refractivity contribution in [2.45, 2.75) is 33.6 Å². The average Bonchev–Trinajstić information content (AvgIpc) is 2.50. The Labute approximate surface area is 132 Å². The number of hydrogen-bond acceptors (Lipinski definition) is 4. The predicted octanol–water partition coefficient (Wildman–Crippen LogP) is 4.07. The zero-order valence-corrected chi connectivity index (χ0v) is 13.6. The fourth-order valence-electron chi connectivity index (χ4n) is 2.84. The van der Waals surface area contributed by atoms with E-state index in [9.17, 15) is 0 Å². The maximum absolute atomic E-state index is 4.72. The third kappa shape index (κ3) is 3.38. The van der Waals surface area contributed by atoms with Crippen molar-refractivity contribution >= 4 is 17.5 Å². The first-order chi connectivity index (χ1) is 10.6. The Hall–Kier alpha value is -2.10. The number of aromatic nitrogens is 2. The van der Waals surface area contributed by atoms with Crippen LogP contribution in [0.2, 0.25) is 0 Å². The molecule has 1 aromatic carbocycles. The van der Waals surface area contributed by atoms with E-state index >= 15 is 0 Å². The fourth-order valence-corrected chi connectivity index (χ4v) is 2.84. The SMILES string of the molecule is Cc1cc(N2CCC(C)CC2)nc(Nc2ccccc2C)n1. The Morgan fingerprint density at radius 2 is 1.82 bits per heavy atom. The Kier molecular flexibility index (Phi) is 4.27. The van der Waals surface area contributed by atoms with Crippen LogP contribution in [0.15, 0.2) is 30.3 Å². The quantitative estimate of drug-likeness (QED) is 0.927. The number of anilines is 3. The lowest BCUT2D eigenvalue weighted by molar-refractivity contribution is 0.436. The summed E-state index contributed by atoms with van der Waals surface area (Å²) in [4.78, 5) is 11.6. The highest BCUT2D eigenvalue weighted by atomic mass is 15.2. The summed E-state index contributed by atoms with van der Waals surface area (Å²) in [5, 5.41) is 3.35. The van der Waals surface area contributed by atoms with E-state index in [1.54, 1.807) is 0 Å². The number of piperidine rings is 1. The van der Waals surface area contributed by atoms with Crippen LogP contribution in [0.3, 0.4) is 0 Å². The molecule has 1 aliphatic rings. The molecule has 0 amide bonds. The van der Waals surface area contributed by atoms with Crippen LogP contribution in [-0.2, 0) is 0 Å². The fraction of sp³-hybridized carbons (Fsp3) is 0.444. The lowest BCUT2D eigenvalue weighted by atomic mass is 9.99. The minimum atomic E-state index is 0.683. The van der Waals surface area contributed by atoms with Gasteiger partial charge in [0.15, 0.2) is 0 Å². The number of rotatable bonds is 3. The van der Waals surface area contributed by atoms with Gasteiger partial charge in [0.25, 0.3) is 0 Å². The summed E-state index contributed by atoms with van der Waals surface area (Å²) >= 11 is 0. The molecule has 0 spiro atoms. The minimum absolute atomic E-state index is 0.683. The molecule has 1 fully saturated rings. The number of hydrogen-bond donors (Lipinski definition) is 1. The van der Waals surface area contributed by atoms with Gasteiger partial charge in [-0.1, -0.05) is 25.1 Å². The van der Waals surface area contributed by atoms with Gasteiger partial charge in [0, 0.05) is 30.5 Å². The molecule has 2 aromatic rings. The standard InChI is InChI=1S/C18H24N4/c1-13-8-10-22(11-9-13)17-12-15(3)19-18(21-17)20-16-7-5-4-6-14(16)2/h4-7,12-13H,8-11H2,1-3H3,(H,19,20,21). The van der Waals surface area contributed by atoms with E-state index < -0.39 is 0 Å². The first-order valence-electron chi connectivity index (χ1n) is 8.05. The van der Waals surface area contributed by atoms with Gasteiger partial charge < -0.3 is 10.2 Å². The van der Waals surface area contributed by atoms with Gasteiger partial charge in [-0.05, 0) is 44.2 Å². The minimum Gasteiger partial charge on any atom is -0.356 e. The van der Waals surface area contributed by atoms with Crippen LogP contribution in [0.4, 0.5) is 17.5 Å². The lowest BCUT2D eigenvalue weighted by Gasteiger charge is -2.31. The summed E-state index contributed by atoms with van der Waals surface area (Å²) in [5.41, 5.74) is 3.26. The van der Waals surface area contributed by atoms with Crippen molar-refractivity contribution in [2.75, 3.05) is 23.3 Å². The van der Waals surface area contributed by atoms with E-state index in [2.05, 4.69) is 47.2 Å². The van der Waals surface area contributed by atoms with E-state index in [0.717, 1.165) is 36.2 Å². The normalized spacial score (nSPS) is 15.9. The average molecular weight is 296 g/mol. The summed E-state index contributed by atoms with van der Waals surface area (Å²) in [7, 11) is 0. The molecule has 1 saturated heterocycles. The Balaban J connectivity index is 1.82. The van der Waals surface area contributed by atoms with Crippen molar-refractivity contribution in [2.24, 2.45) is 5.92 Å². The van der Waals surface area contributed by atoms with Crippen LogP contribution in [-0.4, -0.2) is 23.1 Å². The van der Waals surface area contributed by atoms with E-state index in [-0.39, 0.29) is 0 Å². The van der Waals surface area contributed by atoms with Gasteiger partial charge >= 0.3 is 0 Å². The number of para-hydroxylation sites is 1. The molecule has 0 unspecified atom stereocenters. The molecule has 0 saturated carbocycles. The molecule has 22 heavy (non-hydrogen) atoms. The Morgan fingerprint density at radius 3 is 2.55 bits per heavy atom. The molecule has 0 radical (unpaired) electrons. The van der Waals surface area contributed by atoms with Gasteiger partial charge in [0.1, 0.15) is 5.82 Å². The Bertz CT molecular complexity index is 645. The monoisotopic (exact) mass is 296 g/mol. The molecule has 4 heteroatoms. The van der Waals surface area contributed by atoms with Gasteiger partial charge in [-0.25, -0.2) is 4.98 Å². The molecule has 4 nitrogen and oxygen atoms in total. The molecule has 0 aliphatic carbocycles. The topological polar surface area (TPSA) is 41.1 Å². The number of benzene rings is 1. The molecule has 3 rings (SSSR count). The summed E-state index contributed by atoms with van der Waals surface area (Å²) in [6, 6.07) is 10.3. The molecule has 1 aromatic heterocycles. The molecule has 0 bridgehead atoms.